The van der Waals surface area contributed by atoms with E-state index in [9.17, 15) is 14.4 Å². The lowest BCUT2D eigenvalue weighted by Gasteiger charge is -2.18. The average molecular weight is 1120 g/mol. The molecule has 0 saturated carbocycles. The molecule has 456 valence electrons. The van der Waals surface area contributed by atoms with Gasteiger partial charge in [0.1, 0.15) is 13.2 Å². The summed E-state index contributed by atoms with van der Waals surface area (Å²) in [5.41, 5.74) is 0. The van der Waals surface area contributed by atoms with Crippen molar-refractivity contribution in [3.63, 3.8) is 0 Å². The Kier molecular flexibility index (Phi) is 63.4. The molecule has 0 fully saturated rings. The van der Waals surface area contributed by atoms with Crippen molar-refractivity contribution in [3.8, 4) is 0 Å². The Morgan fingerprint density at radius 1 is 0.259 bits per heavy atom. The highest BCUT2D eigenvalue weighted by molar-refractivity contribution is 5.71. The molecule has 1 unspecified atom stereocenters. The topological polar surface area (TPSA) is 78.9 Å². The average Bonchev–Trinajstić information content (AvgIpc) is 3.47. The second kappa shape index (κ2) is 67.5. The minimum Gasteiger partial charge on any atom is -0.462 e. The monoisotopic (exact) mass is 1120 g/mol. The number of hydrogen-bond donors (Lipinski definition) is 0. The van der Waals surface area contributed by atoms with Crippen molar-refractivity contribution >= 4 is 17.9 Å². The van der Waals surface area contributed by atoms with Crippen LogP contribution in [-0.2, 0) is 28.6 Å². The van der Waals surface area contributed by atoms with Gasteiger partial charge < -0.3 is 14.2 Å². The van der Waals surface area contributed by atoms with E-state index in [1.807, 2.05) is 0 Å². The molecule has 0 aromatic carbocycles. The standard InChI is InChI=1S/C75H120O6/c1-4-7-10-13-16-19-22-25-28-31-33-34-35-36-37-38-39-40-42-44-47-50-53-56-59-62-65-68-74(77)80-71-72(70-79-73(76)67-64-61-58-55-52-49-46-43-30-27-24-21-18-15-12-9-6-3)81-75(78)69-66-63-60-57-54-51-48-45-41-32-29-26-23-20-17-14-11-8-5-2/h7-8,10-11,16-17,19-20,25-26,28-29,33-34,36-37,39-41,44-45,47,51,53-54,56,72H,4-6,9,12-15,18,21-24,27,30-32,35,38,42-43,46,48-50,52,55,57-71H2,1-3H3/b10-7-,11-8-,19-16-,20-17-,28-25-,29-26-,34-33-,37-36-,40-39-,45-41-,47-44-,54-51-,56-53-. The fourth-order valence-corrected chi connectivity index (χ4v) is 8.66. The van der Waals surface area contributed by atoms with Crippen LogP contribution in [0.1, 0.15) is 278 Å². The Morgan fingerprint density at radius 3 is 0.778 bits per heavy atom. The highest BCUT2D eigenvalue weighted by Crippen LogP contribution is 2.16. The molecule has 0 bridgehead atoms. The number of allylic oxidation sites excluding steroid dienone is 26. The number of carbonyl (C=O) groups is 3. The van der Waals surface area contributed by atoms with E-state index in [4.69, 9.17) is 14.2 Å². The van der Waals surface area contributed by atoms with Gasteiger partial charge in [-0.25, -0.2) is 0 Å². The highest BCUT2D eigenvalue weighted by Gasteiger charge is 2.19. The van der Waals surface area contributed by atoms with Crippen LogP contribution in [0.2, 0.25) is 0 Å². The largest absolute Gasteiger partial charge is 0.462 e. The van der Waals surface area contributed by atoms with E-state index in [1.54, 1.807) is 0 Å². The van der Waals surface area contributed by atoms with Crippen molar-refractivity contribution < 1.29 is 28.6 Å². The molecular formula is C75H120O6. The molecule has 6 nitrogen and oxygen atoms in total. The molecule has 0 rings (SSSR count). The Morgan fingerprint density at radius 2 is 0.481 bits per heavy atom. The van der Waals surface area contributed by atoms with Gasteiger partial charge in [-0.15, -0.1) is 0 Å². The van der Waals surface area contributed by atoms with Crippen LogP contribution in [0.5, 0.6) is 0 Å². The van der Waals surface area contributed by atoms with Gasteiger partial charge in [0.05, 0.1) is 0 Å². The summed E-state index contributed by atoms with van der Waals surface area (Å²) in [6.45, 7) is 6.36. The van der Waals surface area contributed by atoms with Crippen molar-refractivity contribution in [1.82, 2.24) is 0 Å². The summed E-state index contributed by atoms with van der Waals surface area (Å²) in [4.78, 5) is 38.4. The fraction of sp³-hybridized carbons (Fsp3) is 0.613. The maximum absolute atomic E-state index is 12.9. The number of ether oxygens (including phenoxy) is 3. The Hall–Kier alpha value is -4.97. The molecule has 81 heavy (non-hydrogen) atoms. The van der Waals surface area contributed by atoms with Crippen LogP contribution in [-0.4, -0.2) is 37.2 Å². The highest BCUT2D eigenvalue weighted by atomic mass is 16.6. The second-order valence-electron chi connectivity index (χ2n) is 21.3. The molecule has 6 heteroatoms. The Balaban J connectivity index is 4.53. The first kappa shape index (κ1) is 76.0. The van der Waals surface area contributed by atoms with Crippen molar-refractivity contribution in [1.29, 1.82) is 0 Å². The summed E-state index contributed by atoms with van der Waals surface area (Å²) in [5.74, 6) is -0.987. The SMILES string of the molecule is CC/C=C\C/C=C\C/C=C\C/C=C\C/C=C\C/C=C\C/C=C\C/C=C\CCCCC(=O)OCC(COC(=O)CCCCCCCCCCCCCCCCCCC)OC(=O)CCCCC/C=C\C/C=C\C/C=C\C/C=C\C/C=C\CC. The Labute approximate surface area is 499 Å². The molecule has 0 saturated heterocycles. The van der Waals surface area contributed by atoms with Crippen molar-refractivity contribution in [2.45, 2.75) is 284 Å². The van der Waals surface area contributed by atoms with Crippen LogP contribution >= 0.6 is 0 Å². The van der Waals surface area contributed by atoms with Gasteiger partial charge in [-0.3, -0.25) is 14.4 Å². The van der Waals surface area contributed by atoms with Gasteiger partial charge in [-0.05, 0) is 128 Å². The third kappa shape index (κ3) is 65.7. The number of carbonyl (C=O) groups excluding carboxylic acids is 3. The van der Waals surface area contributed by atoms with Gasteiger partial charge in [0.2, 0.25) is 0 Å². The van der Waals surface area contributed by atoms with Crippen LogP contribution < -0.4 is 0 Å². The molecule has 0 amide bonds. The van der Waals surface area contributed by atoms with Gasteiger partial charge in [0.25, 0.3) is 0 Å². The minimum atomic E-state index is -0.822. The van der Waals surface area contributed by atoms with Gasteiger partial charge in [-0.2, -0.15) is 0 Å². The van der Waals surface area contributed by atoms with Crippen LogP contribution in [0.3, 0.4) is 0 Å². The van der Waals surface area contributed by atoms with Gasteiger partial charge in [0.15, 0.2) is 6.10 Å². The molecule has 0 aliphatic heterocycles. The lowest BCUT2D eigenvalue weighted by Crippen LogP contribution is -2.30. The molecule has 0 aromatic rings. The first-order chi connectivity index (χ1) is 40.0. The molecule has 0 aliphatic rings. The van der Waals surface area contributed by atoms with E-state index in [-0.39, 0.29) is 44.0 Å². The van der Waals surface area contributed by atoms with Crippen LogP contribution in [0, 0.1) is 0 Å². The zero-order valence-corrected chi connectivity index (χ0v) is 52.2. The first-order valence-electron chi connectivity index (χ1n) is 33.0. The van der Waals surface area contributed by atoms with E-state index >= 15 is 0 Å². The van der Waals surface area contributed by atoms with E-state index in [0.717, 1.165) is 135 Å². The maximum Gasteiger partial charge on any atom is 0.306 e. The lowest BCUT2D eigenvalue weighted by atomic mass is 10.0. The van der Waals surface area contributed by atoms with E-state index in [1.165, 1.54) is 89.9 Å². The molecule has 0 heterocycles. The van der Waals surface area contributed by atoms with Crippen LogP contribution in [0.4, 0.5) is 0 Å². The third-order valence-corrected chi connectivity index (χ3v) is 13.5. The molecule has 0 aliphatic carbocycles. The molecule has 0 spiro atoms. The second-order valence-corrected chi connectivity index (χ2v) is 21.3. The summed E-state index contributed by atoms with van der Waals surface area (Å²) >= 11 is 0. The molecule has 1 atom stereocenters. The van der Waals surface area contributed by atoms with Gasteiger partial charge in [0, 0.05) is 19.3 Å². The maximum atomic E-state index is 12.9. The van der Waals surface area contributed by atoms with E-state index in [0.29, 0.717) is 19.3 Å². The predicted molar refractivity (Wildman–Crippen MR) is 352 cm³/mol. The third-order valence-electron chi connectivity index (χ3n) is 13.5. The molecule has 0 radical (unpaired) electrons. The van der Waals surface area contributed by atoms with E-state index in [2.05, 4.69) is 179 Å². The van der Waals surface area contributed by atoms with Crippen molar-refractivity contribution in [3.05, 3.63) is 158 Å². The molecule has 0 aromatic heterocycles. The van der Waals surface area contributed by atoms with Crippen LogP contribution in [0.25, 0.3) is 0 Å². The number of esters is 3. The van der Waals surface area contributed by atoms with Crippen molar-refractivity contribution in [2.24, 2.45) is 0 Å². The number of rotatable bonds is 58. The zero-order valence-electron chi connectivity index (χ0n) is 52.2. The zero-order chi connectivity index (χ0) is 58.5. The first-order valence-corrected chi connectivity index (χ1v) is 33.0. The smallest absolute Gasteiger partial charge is 0.306 e. The summed E-state index contributed by atoms with van der Waals surface area (Å²) < 4.78 is 16.9. The summed E-state index contributed by atoms with van der Waals surface area (Å²) in [5, 5.41) is 0. The van der Waals surface area contributed by atoms with Gasteiger partial charge >= 0.3 is 17.9 Å². The predicted octanol–water partition coefficient (Wildman–Crippen LogP) is 22.9. The summed E-state index contributed by atoms with van der Waals surface area (Å²) in [6.07, 6.45) is 98.2. The van der Waals surface area contributed by atoms with Crippen LogP contribution in [0.15, 0.2) is 158 Å². The fourth-order valence-electron chi connectivity index (χ4n) is 8.66. The number of hydrogen-bond acceptors (Lipinski definition) is 6. The van der Waals surface area contributed by atoms with Crippen molar-refractivity contribution in [2.75, 3.05) is 13.2 Å². The molecule has 0 N–H and O–H groups in total. The lowest BCUT2D eigenvalue weighted by molar-refractivity contribution is -0.167. The van der Waals surface area contributed by atoms with E-state index < -0.39 is 6.10 Å². The number of unbranched alkanes of at least 4 members (excludes halogenated alkanes) is 21. The quantitative estimate of drug-likeness (QED) is 0.0261. The summed E-state index contributed by atoms with van der Waals surface area (Å²) in [7, 11) is 0. The Bertz CT molecular complexity index is 1810. The molecular weight excluding hydrogens is 997 g/mol. The minimum absolute atomic E-state index is 0.110. The summed E-state index contributed by atoms with van der Waals surface area (Å²) in [6, 6.07) is 0. The van der Waals surface area contributed by atoms with Gasteiger partial charge in [-0.1, -0.05) is 288 Å². The normalized spacial score (nSPS) is 13.2.